The monoisotopic (exact) mass is 241 g/mol. The van der Waals surface area contributed by atoms with E-state index in [0.717, 1.165) is 19.2 Å². The molecule has 1 aromatic carbocycles. The van der Waals surface area contributed by atoms with Crippen LogP contribution in [0.4, 0.5) is 13.2 Å². The Morgan fingerprint density at radius 1 is 1.24 bits per heavy atom. The van der Waals surface area contributed by atoms with Gasteiger partial charge < -0.3 is 4.74 Å². The van der Waals surface area contributed by atoms with Crippen molar-refractivity contribution >= 4 is 16.9 Å². The van der Waals surface area contributed by atoms with Crippen molar-refractivity contribution in [2.24, 2.45) is 0 Å². The van der Waals surface area contributed by atoms with E-state index in [2.05, 4.69) is 9.72 Å². The highest BCUT2D eigenvalue weighted by atomic mass is 19.2. The van der Waals surface area contributed by atoms with Crippen molar-refractivity contribution in [3.05, 3.63) is 41.3 Å². The second-order valence-corrected chi connectivity index (χ2v) is 3.24. The van der Waals surface area contributed by atoms with Crippen LogP contribution in [0.15, 0.2) is 18.2 Å². The van der Waals surface area contributed by atoms with Gasteiger partial charge in [0.25, 0.3) is 0 Å². The van der Waals surface area contributed by atoms with Crippen molar-refractivity contribution in [1.82, 2.24) is 4.98 Å². The molecule has 0 atom stereocenters. The van der Waals surface area contributed by atoms with Gasteiger partial charge in [0.15, 0.2) is 17.5 Å². The number of fused-ring (bicyclic) bond motifs is 1. The highest BCUT2D eigenvalue weighted by molar-refractivity contribution is 5.91. The summed E-state index contributed by atoms with van der Waals surface area (Å²) < 4.78 is 43.6. The van der Waals surface area contributed by atoms with Crippen molar-refractivity contribution in [2.75, 3.05) is 7.11 Å². The molecule has 17 heavy (non-hydrogen) atoms. The number of hydrogen-bond donors (Lipinski definition) is 0. The lowest BCUT2D eigenvalue weighted by molar-refractivity contribution is 0.0594. The lowest BCUT2D eigenvalue weighted by Crippen LogP contribution is -2.05. The Kier molecular flexibility index (Phi) is 2.71. The minimum atomic E-state index is -1.56. The zero-order valence-corrected chi connectivity index (χ0v) is 8.63. The Hall–Kier alpha value is -2.11. The summed E-state index contributed by atoms with van der Waals surface area (Å²) in [6.45, 7) is 0. The summed E-state index contributed by atoms with van der Waals surface area (Å²) in [6.07, 6.45) is 0. The number of carbonyl (C=O) groups excluding carboxylic acids is 1. The van der Waals surface area contributed by atoms with E-state index in [1.807, 2.05) is 0 Å². The topological polar surface area (TPSA) is 39.2 Å². The largest absolute Gasteiger partial charge is 0.464 e. The standard InChI is InChI=1S/C11H6F3NO2/c1-17-11(16)7-3-2-5-8(15-7)4-6(12)10(14)9(5)13/h2-4H,1H3. The second kappa shape index (κ2) is 4.04. The molecule has 0 fully saturated rings. The van der Waals surface area contributed by atoms with Crippen LogP contribution in [0.5, 0.6) is 0 Å². The van der Waals surface area contributed by atoms with Crippen molar-refractivity contribution in [3.8, 4) is 0 Å². The van der Waals surface area contributed by atoms with Gasteiger partial charge in [-0.05, 0) is 12.1 Å². The maximum atomic E-state index is 13.3. The number of benzene rings is 1. The third-order valence-electron chi connectivity index (χ3n) is 2.22. The normalized spacial score (nSPS) is 10.6. The van der Waals surface area contributed by atoms with Gasteiger partial charge in [-0.2, -0.15) is 0 Å². The molecule has 6 heteroatoms. The molecular weight excluding hydrogens is 235 g/mol. The summed E-state index contributed by atoms with van der Waals surface area (Å²) in [7, 11) is 1.15. The number of carbonyl (C=O) groups is 1. The molecule has 0 saturated heterocycles. The minimum absolute atomic E-state index is 0.106. The predicted octanol–water partition coefficient (Wildman–Crippen LogP) is 2.44. The minimum Gasteiger partial charge on any atom is -0.464 e. The molecule has 2 aromatic rings. The van der Waals surface area contributed by atoms with Gasteiger partial charge in [0.05, 0.1) is 12.6 Å². The van der Waals surface area contributed by atoms with Gasteiger partial charge in [-0.25, -0.2) is 22.9 Å². The van der Waals surface area contributed by atoms with Gasteiger partial charge in [-0.3, -0.25) is 0 Å². The molecule has 1 aromatic heterocycles. The van der Waals surface area contributed by atoms with Crippen LogP contribution in [0.1, 0.15) is 10.5 Å². The third kappa shape index (κ3) is 1.82. The van der Waals surface area contributed by atoms with Crippen molar-refractivity contribution in [1.29, 1.82) is 0 Å². The molecule has 0 radical (unpaired) electrons. The number of halogens is 3. The second-order valence-electron chi connectivity index (χ2n) is 3.24. The maximum Gasteiger partial charge on any atom is 0.356 e. The van der Waals surface area contributed by atoms with Crippen molar-refractivity contribution in [3.63, 3.8) is 0 Å². The Bertz CT molecular complexity index is 613. The molecule has 0 N–H and O–H groups in total. The van der Waals surface area contributed by atoms with E-state index in [0.29, 0.717) is 0 Å². The maximum absolute atomic E-state index is 13.3. The van der Waals surface area contributed by atoms with Crippen LogP contribution in [0.3, 0.4) is 0 Å². The molecule has 0 unspecified atom stereocenters. The first-order valence-corrected chi connectivity index (χ1v) is 4.57. The van der Waals surface area contributed by atoms with Crippen LogP contribution in [0, 0.1) is 17.5 Å². The number of aromatic nitrogens is 1. The van der Waals surface area contributed by atoms with Crippen LogP contribution in [-0.4, -0.2) is 18.1 Å². The number of hydrogen-bond acceptors (Lipinski definition) is 3. The molecule has 0 aliphatic heterocycles. The number of pyridine rings is 1. The van der Waals surface area contributed by atoms with E-state index in [1.165, 1.54) is 6.07 Å². The first-order valence-electron chi connectivity index (χ1n) is 4.57. The van der Waals surface area contributed by atoms with E-state index in [-0.39, 0.29) is 16.6 Å². The van der Waals surface area contributed by atoms with Crippen LogP contribution in [0.25, 0.3) is 10.9 Å². The molecule has 3 nitrogen and oxygen atoms in total. The molecular formula is C11H6F3NO2. The van der Waals surface area contributed by atoms with Gasteiger partial charge in [-0.1, -0.05) is 0 Å². The number of esters is 1. The summed E-state index contributed by atoms with van der Waals surface area (Å²) in [5.74, 6) is -4.99. The van der Waals surface area contributed by atoms with Gasteiger partial charge in [-0.15, -0.1) is 0 Å². The predicted molar refractivity (Wildman–Crippen MR) is 53.0 cm³/mol. The Balaban J connectivity index is 2.71. The fourth-order valence-corrected chi connectivity index (χ4v) is 1.40. The zero-order chi connectivity index (χ0) is 12.6. The summed E-state index contributed by atoms with van der Waals surface area (Å²) in [5.41, 5.74) is -0.255. The van der Waals surface area contributed by atoms with Crippen molar-refractivity contribution in [2.45, 2.75) is 0 Å². The Labute approximate surface area is 93.8 Å². The van der Waals surface area contributed by atoms with Gasteiger partial charge in [0.1, 0.15) is 5.69 Å². The molecule has 1 heterocycles. The van der Waals surface area contributed by atoms with Crippen molar-refractivity contribution < 1.29 is 22.7 Å². The quantitative estimate of drug-likeness (QED) is 0.568. The molecule has 88 valence electrons. The molecule has 0 amide bonds. The van der Waals surface area contributed by atoms with Crippen LogP contribution in [0.2, 0.25) is 0 Å². The average Bonchev–Trinajstić information content (AvgIpc) is 2.34. The third-order valence-corrected chi connectivity index (χ3v) is 2.22. The lowest BCUT2D eigenvalue weighted by atomic mass is 10.2. The summed E-state index contributed by atoms with van der Waals surface area (Å²) in [6, 6.07) is 3.04. The molecule has 0 aliphatic carbocycles. The fraction of sp³-hybridized carbons (Fsp3) is 0.0909. The summed E-state index contributed by atoms with van der Waals surface area (Å²) >= 11 is 0. The van der Waals surface area contributed by atoms with Crippen LogP contribution in [-0.2, 0) is 4.74 Å². The zero-order valence-electron chi connectivity index (χ0n) is 8.63. The fourth-order valence-electron chi connectivity index (χ4n) is 1.40. The SMILES string of the molecule is COC(=O)c1ccc2c(F)c(F)c(F)cc2n1. The molecule has 0 aliphatic rings. The highest BCUT2D eigenvalue weighted by Crippen LogP contribution is 2.22. The first-order chi connectivity index (χ1) is 8.04. The van der Waals surface area contributed by atoms with E-state index in [4.69, 9.17) is 0 Å². The number of rotatable bonds is 1. The molecule has 0 spiro atoms. The van der Waals surface area contributed by atoms with E-state index in [1.54, 1.807) is 0 Å². The molecule has 0 bridgehead atoms. The Morgan fingerprint density at radius 2 is 1.94 bits per heavy atom. The summed E-state index contributed by atoms with van der Waals surface area (Å²) in [5, 5.41) is -0.198. The van der Waals surface area contributed by atoms with Gasteiger partial charge in [0, 0.05) is 11.5 Å². The van der Waals surface area contributed by atoms with Crippen LogP contribution < -0.4 is 0 Å². The smallest absolute Gasteiger partial charge is 0.356 e. The number of methoxy groups -OCH3 is 1. The lowest BCUT2D eigenvalue weighted by Gasteiger charge is -2.03. The molecule has 0 saturated carbocycles. The molecule has 2 rings (SSSR count). The van der Waals surface area contributed by atoms with E-state index >= 15 is 0 Å². The number of ether oxygens (including phenoxy) is 1. The highest BCUT2D eigenvalue weighted by Gasteiger charge is 2.16. The first kappa shape index (κ1) is 11.4. The Morgan fingerprint density at radius 3 is 2.59 bits per heavy atom. The number of nitrogens with zero attached hydrogens (tertiary/aromatic N) is 1. The average molecular weight is 241 g/mol. The van der Waals surface area contributed by atoms with E-state index < -0.39 is 23.4 Å². The van der Waals surface area contributed by atoms with Crippen LogP contribution >= 0.6 is 0 Å². The van der Waals surface area contributed by atoms with Gasteiger partial charge >= 0.3 is 5.97 Å². The summed E-state index contributed by atoms with van der Waals surface area (Å²) in [4.78, 5) is 14.8. The van der Waals surface area contributed by atoms with Gasteiger partial charge in [0.2, 0.25) is 0 Å². The van der Waals surface area contributed by atoms with E-state index in [9.17, 15) is 18.0 Å².